The molecule has 6 heteroatoms. The number of nitrogens with one attached hydrogen (secondary N) is 1. The largest absolute Gasteiger partial charge is 0.497 e. The first-order valence-corrected chi connectivity index (χ1v) is 7.68. The maximum absolute atomic E-state index is 12.2. The molecule has 2 amide bonds. The second kappa shape index (κ2) is 9.02. The van der Waals surface area contributed by atoms with Gasteiger partial charge in [-0.2, -0.15) is 0 Å². The molecule has 0 radical (unpaired) electrons. The fraction of sp³-hybridized carbons (Fsp3) is 0.529. The summed E-state index contributed by atoms with van der Waals surface area (Å²) in [6.07, 6.45) is 0.564. The van der Waals surface area contributed by atoms with Gasteiger partial charge in [-0.1, -0.05) is 26.0 Å². The number of carboxylic acids is 1. The minimum Gasteiger partial charge on any atom is -0.497 e. The molecule has 0 unspecified atom stereocenters. The number of nitrogens with zero attached hydrogens (tertiary/aromatic N) is 1. The van der Waals surface area contributed by atoms with Crippen LogP contribution in [0.25, 0.3) is 0 Å². The summed E-state index contributed by atoms with van der Waals surface area (Å²) in [6, 6.07) is 6.84. The van der Waals surface area contributed by atoms with E-state index in [1.54, 1.807) is 14.2 Å². The predicted molar refractivity (Wildman–Crippen MR) is 88.5 cm³/mol. The van der Waals surface area contributed by atoms with Gasteiger partial charge in [-0.25, -0.2) is 4.79 Å². The summed E-state index contributed by atoms with van der Waals surface area (Å²) in [6.45, 7) is 4.45. The Morgan fingerprint density at radius 2 is 1.87 bits per heavy atom. The first-order chi connectivity index (χ1) is 10.8. The summed E-state index contributed by atoms with van der Waals surface area (Å²) in [7, 11) is 3.29. The van der Waals surface area contributed by atoms with Gasteiger partial charge in [-0.15, -0.1) is 0 Å². The molecule has 0 spiro atoms. The molecule has 0 aliphatic carbocycles. The number of ether oxygens (including phenoxy) is 1. The monoisotopic (exact) mass is 322 g/mol. The van der Waals surface area contributed by atoms with Crippen LogP contribution in [0.2, 0.25) is 0 Å². The second-order valence-electron chi connectivity index (χ2n) is 6.08. The number of hydrogen-bond acceptors (Lipinski definition) is 3. The quantitative estimate of drug-likeness (QED) is 0.771. The average Bonchev–Trinajstić information content (AvgIpc) is 2.46. The number of carbonyl (C=O) groups excluding carboxylic acids is 1. The van der Waals surface area contributed by atoms with Gasteiger partial charge in [0.15, 0.2) is 0 Å². The molecule has 1 aromatic rings. The smallest absolute Gasteiger partial charge is 0.317 e. The van der Waals surface area contributed by atoms with E-state index in [-0.39, 0.29) is 18.5 Å². The highest BCUT2D eigenvalue weighted by atomic mass is 16.5. The normalized spacial score (nSPS) is 11.9. The number of urea groups is 1. The van der Waals surface area contributed by atoms with Gasteiger partial charge in [0.1, 0.15) is 5.75 Å². The molecule has 0 saturated heterocycles. The molecule has 0 heterocycles. The fourth-order valence-corrected chi connectivity index (χ4v) is 2.33. The molecule has 0 aliphatic heterocycles. The van der Waals surface area contributed by atoms with E-state index >= 15 is 0 Å². The van der Waals surface area contributed by atoms with Crippen molar-refractivity contribution >= 4 is 12.0 Å². The molecule has 0 fully saturated rings. The Hall–Kier alpha value is -2.24. The number of aliphatic carboxylic acids is 1. The zero-order valence-corrected chi connectivity index (χ0v) is 14.2. The molecule has 1 rings (SSSR count). The highest BCUT2D eigenvalue weighted by Gasteiger charge is 2.19. The third-order valence-electron chi connectivity index (χ3n) is 3.43. The molecule has 6 nitrogen and oxygen atoms in total. The van der Waals surface area contributed by atoms with Crippen LogP contribution < -0.4 is 10.1 Å². The number of benzene rings is 1. The van der Waals surface area contributed by atoms with Crippen LogP contribution in [0.1, 0.15) is 32.3 Å². The molecule has 1 aromatic carbocycles. The van der Waals surface area contributed by atoms with Gasteiger partial charge in [0, 0.05) is 19.6 Å². The van der Waals surface area contributed by atoms with Crippen LogP contribution in [0.3, 0.4) is 0 Å². The summed E-state index contributed by atoms with van der Waals surface area (Å²) in [4.78, 5) is 24.7. The first kappa shape index (κ1) is 18.8. The van der Waals surface area contributed by atoms with Gasteiger partial charge >= 0.3 is 12.0 Å². The second-order valence-corrected chi connectivity index (χ2v) is 6.08. The van der Waals surface area contributed by atoms with Crippen molar-refractivity contribution in [3.05, 3.63) is 29.8 Å². The molecule has 0 bridgehead atoms. The van der Waals surface area contributed by atoms with E-state index in [2.05, 4.69) is 5.32 Å². The molecule has 0 saturated carbocycles. The number of rotatable bonds is 8. The topological polar surface area (TPSA) is 78.9 Å². The molecule has 0 aromatic heterocycles. The lowest BCUT2D eigenvalue weighted by Gasteiger charge is -2.24. The predicted octanol–water partition coefficient (Wildman–Crippen LogP) is 2.73. The first-order valence-electron chi connectivity index (χ1n) is 7.68. The third kappa shape index (κ3) is 7.04. The highest BCUT2D eigenvalue weighted by molar-refractivity contribution is 5.75. The Kier molecular flexibility index (Phi) is 7.38. The average molecular weight is 322 g/mol. The van der Waals surface area contributed by atoms with Gasteiger partial charge in [0.05, 0.1) is 13.5 Å². The molecule has 0 aliphatic rings. The van der Waals surface area contributed by atoms with E-state index in [1.165, 1.54) is 4.90 Å². The van der Waals surface area contributed by atoms with Crippen molar-refractivity contribution in [1.29, 1.82) is 0 Å². The van der Waals surface area contributed by atoms with Crippen molar-refractivity contribution in [1.82, 2.24) is 10.2 Å². The number of hydrogen-bond donors (Lipinski definition) is 2. The minimum atomic E-state index is -0.909. The molecule has 23 heavy (non-hydrogen) atoms. The van der Waals surface area contributed by atoms with Gasteiger partial charge < -0.3 is 20.1 Å². The maximum Gasteiger partial charge on any atom is 0.317 e. The molecular weight excluding hydrogens is 296 g/mol. The number of carbonyl (C=O) groups is 2. The van der Waals surface area contributed by atoms with Crippen molar-refractivity contribution in [3.8, 4) is 5.75 Å². The maximum atomic E-state index is 12.2. The third-order valence-corrected chi connectivity index (χ3v) is 3.43. The summed E-state index contributed by atoms with van der Waals surface area (Å²) in [5, 5.41) is 11.8. The van der Waals surface area contributed by atoms with Crippen molar-refractivity contribution in [3.63, 3.8) is 0 Å². The van der Waals surface area contributed by atoms with Crippen LogP contribution in [-0.4, -0.2) is 42.2 Å². The van der Waals surface area contributed by atoms with E-state index < -0.39 is 5.97 Å². The minimum absolute atomic E-state index is 0.0692. The zero-order chi connectivity index (χ0) is 17.4. The van der Waals surface area contributed by atoms with Crippen molar-refractivity contribution in [2.24, 2.45) is 5.92 Å². The van der Waals surface area contributed by atoms with E-state index in [9.17, 15) is 9.59 Å². The number of methoxy groups -OCH3 is 1. The van der Waals surface area contributed by atoms with Gasteiger partial charge in [-0.05, 0) is 30.0 Å². The van der Waals surface area contributed by atoms with Gasteiger partial charge in [0.2, 0.25) is 0 Å². The molecular formula is C17H26N2O4. The van der Waals surface area contributed by atoms with E-state index in [0.29, 0.717) is 18.9 Å². The SMILES string of the molecule is COc1ccc(CN(C)C(=O)N[C@H](CC(=O)O)CC(C)C)cc1. The lowest BCUT2D eigenvalue weighted by Crippen LogP contribution is -2.44. The van der Waals surface area contributed by atoms with Crippen molar-refractivity contribution in [2.45, 2.75) is 39.3 Å². The summed E-state index contributed by atoms with van der Waals surface area (Å²) in [5.41, 5.74) is 0.974. The summed E-state index contributed by atoms with van der Waals surface area (Å²) >= 11 is 0. The standard InChI is InChI=1S/C17H26N2O4/c1-12(2)9-14(10-16(20)21)18-17(22)19(3)11-13-5-7-15(23-4)8-6-13/h5-8,12,14H,9-11H2,1-4H3,(H,18,22)(H,20,21)/t14-/m0/s1. The van der Waals surface area contributed by atoms with Crippen LogP contribution >= 0.6 is 0 Å². The number of carboxylic acid groups (broad SMARTS) is 1. The summed E-state index contributed by atoms with van der Waals surface area (Å²) < 4.78 is 5.10. The van der Waals surface area contributed by atoms with Gasteiger partial charge in [-0.3, -0.25) is 4.79 Å². The zero-order valence-electron chi connectivity index (χ0n) is 14.2. The van der Waals surface area contributed by atoms with Crippen LogP contribution in [0.4, 0.5) is 4.79 Å². The lowest BCUT2D eigenvalue weighted by molar-refractivity contribution is -0.137. The van der Waals surface area contributed by atoms with Crippen LogP contribution in [0, 0.1) is 5.92 Å². The Labute approximate surface area is 137 Å². The Morgan fingerprint density at radius 1 is 1.26 bits per heavy atom. The Balaban J connectivity index is 2.60. The van der Waals surface area contributed by atoms with Crippen molar-refractivity contribution < 1.29 is 19.4 Å². The Morgan fingerprint density at radius 3 is 2.35 bits per heavy atom. The molecule has 1 atom stereocenters. The van der Waals surface area contributed by atoms with Crippen LogP contribution in [0.5, 0.6) is 5.75 Å². The highest BCUT2D eigenvalue weighted by Crippen LogP contribution is 2.13. The van der Waals surface area contributed by atoms with Crippen LogP contribution in [0.15, 0.2) is 24.3 Å². The van der Waals surface area contributed by atoms with Crippen LogP contribution in [-0.2, 0) is 11.3 Å². The van der Waals surface area contributed by atoms with Gasteiger partial charge in [0.25, 0.3) is 0 Å². The molecule has 128 valence electrons. The van der Waals surface area contributed by atoms with E-state index in [1.807, 2.05) is 38.1 Å². The summed E-state index contributed by atoms with van der Waals surface area (Å²) in [5.74, 6) is 0.166. The fourth-order valence-electron chi connectivity index (χ4n) is 2.33. The van der Waals surface area contributed by atoms with E-state index in [4.69, 9.17) is 9.84 Å². The van der Waals surface area contributed by atoms with Crippen molar-refractivity contribution in [2.75, 3.05) is 14.2 Å². The Bertz CT molecular complexity index is 514. The van der Waals surface area contributed by atoms with E-state index in [0.717, 1.165) is 11.3 Å². The molecule has 2 N–H and O–H groups in total. The number of amides is 2. The lowest BCUT2D eigenvalue weighted by atomic mass is 10.0.